The summed E-state index contributed by atoms with van der Waals surface area (Å²) in [5, 5.41) is -0.262. The van der Waals surface area contributed by atoms with Crippen LogP contribution in [0.1, 0.15) is 47.0 Å². The number of aromatic nitrogens is 2. The van der Waals surface area contributed by atoms with E-state index in [0.29, 0.717) is 18.4 Å². The SMILES string of the molecule is CC1(C)OB(c2cnc(S(=O)(=O)C[C@H]3CCCCN3C(=O)CCl)nc2)OC1(C)C. The average Bonchev–Trinajstić information content (AvgIpc) is 2.89. The van der Waals surface area contributed by atoms with E-state index in [2.05, 4.69) is 9.97 Å². The summed E-state index contributed by atoms with van der Waals surface area (Å²) in [5.74, 6) is -0.620. The van der Waals surface area contributed by atoms with Gasteiger partial charge in [0.05, 0.1) is 17.0 Å². The smallest absolute Gasteiger partial charge is 0.399 e. The number of piperidine rings is 1. The summed E-state index contributed by atoms with van der Waals surface area (Å²) in [6, 6.07) is -0.411. The number of alkyl halides is 1. The minimum absolute atomic E-state index is 0.157. The van der Waals surface area contributed by atoms with Crippen LogP contribution in [-0.4, -0.2) is 71.7 Å². The third-order valence-electron chi connectivity index (χ3n) is 5.93. The lowest BCUT2D eigenvalue weighted by molar-refractivity contribution is -0.131. The van der Waals surface area contributed by atoms with Crippen molar-refractivity contribution in [1.82, 2.24) is 14.9 Å². The van der Waals surface area contributed by atoms with Gasteiger partial charge in [-0.05, 0) is 47.0 Å². The van der Waals surface area contributed by atoms with Crippen molar-refractivity contribution in [3.8, 4) is 0 Å². The Bertz CT molecular complexity index is 847. The highest BCUT2D eigenvalue weighted by Gasteiger charge is 2.52. The van der Waals surface area contributed by atoms with Crippen molar-refractivity contribution in [2.75, 3.05) is 18.2 Å². The van der Waals surface area contributed by atoms with Crippen LogP contribution in [0.25, 0.3) is 0 Å². The van der Waals surface area contributed by atoms with Gasteiger partial charge < -0.3 is 14.2 Å². The highest BCUT2D eigenvalue weighted by molar-refractivity contribution is 7.91. The van der Waals surface area contributed by atoms with Gasteiger partial charge in [0.25, 0.3) is 0 Å². The average molecular weight is 444 g/mol. The van der Waals surface area contributed by atoms with Crippen molar-refractivity contribution < 1.29 is 22.5 Å². The molecule has 8 nitrogen and oxygen atoms in total. The molecule has 2 fully saturated rings. The van der Waals surface area contributed by atoms with Crippen molar-refractivity contribution in [2.24, 2.45) is 0 Å². The Kier molecular flexibility index (Phi) is 6.30. The van der Waals surface area contributed by atoms with Crippen LogP contribution in [0.5, 0.6) is 0 Å². The normalized spacial score (nSPS) is 24.0. The van der Waals surface area contributed by atoms with Gasteiger partial charge in [0.1, 0.15) is 5.88 Å². The highest BCUT2D eigenvalue weighted by Crippen LogP contribution is 2.36. The zero-order valence-electron chi connectivity index (χ0n) is 17.2. The molecule has 1 aromatic heterocycles. The first-order valence-electron chi connectivity index (χ1n) is 9.72. The first-order valence-corrected chi connectivity index (χ1v) is 11.9. The van der Waals surface area contributed by atoms with Crippen LogP contribution in [0, 0.1) is 0 Å². The van der Waals surface area contributed by atoms with E-state index < -0.39 is 34.2 Å². The zero-order valence-corrected chi connectivity index (χ0v) is 18.8. The molecule has 0 aromatic carbocycles. The van der Waals surface area contributed by atoms with Gasteiger partial charge in [0.2, 0.25) is 20.9 Å². The largest absolute Gasteiger partial charge is 0.498 e. The Morgan fingerprint density at radius 2 is 1.79 bits per heavy atom. The lowest BCUT2D eigenvalue weighted by Crippen LogP contribution is -2.47. The van der Waals surface area contributed by atoms with E-state index in [-0.39, 0.29) is 22.7 Å². The molecule has 0 bridgehead atoms. The van der Waals surface area contributed by atoms with E-state index in [1.165, 1.54) is 12.4 Å². The molecule has 1 atom stereocenters. The standard InChI is InChI=1S/C18H27BClN3O5S/c1-17(2)18(3,4)28-19(27-17)13-10-21-16(22-11-13)29(25,26)12-14-7-5-6-8-23(14)15(24)9-20/h10-11,14H,5-9,12H2,1-4H3/t14-/m1/s1. The number of amides is 1. The monoisotopic (exact) mass is 443 g/mol. The fourth-order valence-corrected chi connectivity index (χ4v) is 5.08. The van der Waals surface area contributed by atoms with E-state index in [9.17, 15) is 13.2 Å². The number of sulfone groups is 1. The second-order valence-electron chi connectivity index (χ2n) is 8.54. The third kappa shape index (κ3) is 4.60. The van der Waals surface area contributed by atoms with E-state index in [1.54, 1.807) is 4.90 Å². The zero-order chi connectivity index (χ0) is 21.4. The molecule has 3 rings (SSSR count). The van der Waals surface area contributed by atoms with Crippen LogP contribution >= 0.6 is 11.6 Å². The molecule has 11 heteroatoms. The molecule has 0 saturated carbocycles. The Hall–Kier alpha value is -1.23. The quantitative estimate of drug-likeness (QED) is 0.382. The topological polar surface area (TPSA) is 98.7 Å². The van der Waals surface area contributed by atoms with E-state index in [0.717, 1.165) is 12.8 Å². The van der Waals surface area contributed by atoms with Gasteiger partial charge in [0.15, 0.2) is 0 Å². The fraction of sp³-hybridized carbons (Fsp3) is 0.722. The molecule has 2 aliphatic heterocycles. The van der Waals surface area contributed by atoms with Gasteiger partial charge in [0, 0.05) is 30.4 Å². The van der Waals surface area contributed by atoms with Crippen LogP contribution in [0.2, 0.25) is 0 Å². The Morgan fingerprint density at radius 3 is 2.34 bits per heavy atom. The maximum atomic E-state index is 12.8. The van der Waals surface area contributed by atoms with Gasteiger partial charge in [-0.1, -0.05) is 0 Å². The van der Waals surface area contributed by atoms with Crippen LogP contribution in [0.4, 0.5) is 0 Å². The number of rotatable bonds is 5. The van der Waals surface area contributed by atoms with Crippen molar-refractivity contribution >= 4 is 39.9 Å². The number of carbonyl (C=O) groups is 1. The summed E-state index contributed by atoms with van der Waals surface area (Å²) < 4.78 is 37.6. The van der Waals surface area contributed by atoms with Crippen molar-refractivity contribution in [2.45, 2.75) is 69.4 Å². The number of hydrogen-bond acceptors (Lipinski definition) is 7. The first kappa shape index (κ1) is 22.5. The van der Waals surface area contributed by atoms with E-state index >= 15 is 0 Å². The molecule has 0 spiro atoms. The maximum absolute atomic E-state index is 12.8. The molecule has 0 unspecified atom stereocenters. The van der Waals surface area contributed by atoms with E-state index in [1.807, 2.05) is 27.7 Å². The van der Waals surface area contributed by atoms with Crippen LogP contribution in [0.15, 0.2) is 17.6 Å². The van der Waals surface area contributed by atoms with Crippen LogP contribution in [-0.2, 0) is 23.9 Å². The molecule has 2 saturated heterocycles. The Morgan fingerprint density at radius 1 is 1.21 bits per heavy atom. The number of nitrogens with zero attached hydrogens (tertiary/aromatic N) is 3. The minimum atomic E-state index is -3.76. The first-order chi connectivity index (χ1) is 13.5. The molecule has 3 heterocycles. The molecule has 0 radical (unpaired) electrons. The number of hydrogen-bond donors (Lipinski definition) is 0. The second-order valence-corrected chi connectivity index (χ2v) is 10.7. The summed E-state index contributed by atoms with van der Waals surface area (Å²) in [6.07, 6.45) is 5.18. The Labute approximate surface area is 177 Å². The molecule has 1 amide bonds. The maximum Gasteiger partial charge on any atom is 0.498 e. The van der Waals surface area contributed by atoms with E-state index in [4.69, 9.17) is 20.9 Å². The molecule has 1 aromatic rings. The summed E-state index contributed by atoms with van der Waals surface area (Å²) in [7, 11) is -4.42. The van der Waals surface area contributed by atoms with Gasteiger partial charge in [-0.25, -0.2) is 18.4 Å². The summed E-state index contributed by atoms with van der Waals surface area (Å²) in [6.45, 7) is 8.26. The second kappa shape index (κ2) is 8.13. The highest BCUT2D eigenvalue weighted by atomic mass is 35.5. The molecule has 29 heavy (non-hydrogen) atoms. The number of carbonyl (C=O) groups excluding carboxylic acids is 1. The molecular weight excluding hydrogens is 417 g/mol. The van der Waals surface area contributed by atoms with Crippen molar-refractivity contribution in [3.05, 3.63) is 12.4 Å². The van der Waals surface area contributed by atoms with Gasteiger partial charge in [-0.15, -0.1) is 11.6 Å². The molecule has 2 aliphatic rings. The number of halogens is 1. The summed E-state index contributed by atoms with van der Waals surface area (Å²) in [4.78, 5) is 21.7. The predicted molar refractivity (Wildman–Crippen MR) is 110 cm³/mol. The number of likely N-dealkylation sites (tertiary alicyclic amines) is 1. The predicted octanol–water partition coefficient (Wildman–Crippen LogP) is 1.17. The van der Waals surface area contributed by atoms with Crippen LogP contribution in [0.3, 0.4) is 0 Å². The van der Waals surface area contributed by atoms with Crippen molar-refractivity contribution in [3.63, 3.8) is 0 Å². The van der Waals surface area contributed by atoms with Crippen molar-refractivity contribution in [1.29, 1.82) is 0 Å². The van der Waals surface area contributed by atoms with Gasteiger partial charge in [-0.2, -0.15) is 0 Å². The minimum Gasteiger partial charge on any atom is -0.399 e. The molecule has 0 aliphatic carbocycles. The molecule has 0 N–H and O–H groups in total. The summed E-state index contributed by atoms with van der Waals surface area (Å²) >= 11 is 5.67. The third-order valence-corrected chi connectivity index (χ3v) is 7.74. The van der Waals surface area contributed by atoms with Crippen LogP contribution < -0.4 is 5.46 Å². The lowest BCUT2D eigenvalue weighted by Gasteiger charge is -2.35. The summed E-state index contributed by atoms with van der Waals surface area (Å²) in [5.41, 5.74) is -0.469. The molecular formula is C18H27BClN3O5S. The van der Waals surface area contributed by atoms with Gasteiger partial charge in [-0.3, -0.25) is 4.79 Å². The van der Waals surface area contributed by atoms with Gasteiger partial charge >= 0.3 is 7.12 Å². The molecule has 160 valence electrons. The fourth-order valence-electron chi connectivity index (χ4n) is 3.49. The Balaban J connectivity index is 1.74. The lowest BCUT2D eigenvalue weighted by atomic mass is 9.81.